The summed E-state index contributed by atoms with van der Waals surface area (Å²) >= 11 is 1.14. The third kappa shape index (κ3) is 6.16. The predicted octanol–water partition coefficient (Wildman–Crippen LogP) is 3.73. The summed E-state index contributed by atoms with van der Waals surface area (Å²) in [5, 5.41) is 6.08. The van der Waals surface area contributed by atoms with Gasteiger partial charge in [0.05, 0.1) is 31.3 Å². The van der Waals surface area contributed by atoms with Gasteiger partial charge in [0.15, 0.2) is 5.17 Å². The lowest BCUT2D eigenvalue weighted by Gasteiger charge is -2.25. The molecule has 0 bridgehead atoms. The highest BCUT2D eigenvalue weighted by Crippen LogP contribution is 2.34. The second-order valence-corrected chi connectivity index (χ2v) is 9.64. The maximum Gasteiger partial charge on any atom is 0.259 e. The second-order valence-electron chi connectivity index (χ2n) is 8.70. The maximum atomic E-state index is 13.4. The first kappa shape index (κ1) is 27.2. The number of unbranched alkanes of at least 4 members (excludes halogenated alkanes) is 1. The van der Waals surface area contributed by atoms with Gasteiger partial charge in [-0.05, 0) is 37.1 Å². The van der Waals surface area contributed by atoms with Crippen LogP contribution in [-0.4, -0.2) is 66.2 Å². The van der Waals surface area contributed by atoms with E-state index in [1.165, 1.54) is 12.0 Å². The van der Waals surface area contributed by atoms with Crippen molar-refractivity contribution in [2.45, 2.75) is 38.6 Å². The highest BCUT2D eigenvalue weighted by Gasteiger charge is 2.41. The number of carbonyl (C=O) groups is 3. The number of thioether (sulfide) groups is 1. The Morgan fingerprint density at radius 1 is 1.11 bits per heavy atom. The largest absolute Gasteiger partial charge is 0.497 e. The molecule has 0 fully saturated rings. The number of methoxy groups -OCH3 is 2. The van der Waals surface area contributed by atoms with Crippen molar-refractivity contribution in [1.29, 1.82) is 0 Å². The summed E-state index contributed by atoms with van der Waals surface area (Å²) in [4.78, 5) is 49.2. The zero-order valence-electron chi connectivity index (χ0n) is 21.7. The minimum absolute atomic E-state index is 0.00290. The van der Waals surface area contributed by atoms with Crippen molar-refractivity contribution in [2.24, 2.45) is 9.98 Å². The summed E-state index contributed by atoms with van der Waals surface area (Å²) in [5.74, 6) is 0.932. The molecule has 0 unspecified atom stereocenters. The predicted molar refractivity (Wildman–Crippen MR) is 148 cm³/mol. The summed E-state index contributed by atoms with van der Waals surface area (Å²) in [6.45, 7) is 2.68. The summed E-state index contributed by atoms with van der Waals surface area (Å²) in [5.41, 5.74) is 1.89. The molecule has 2 N–H and O–H groups in total. The number of hydrogen-bond acceptors (Lipinski definition) is 8. The number of amides is 3. The van der Waals surface area contributed by atoms with E-state index in [4.69, 9.17) is 9.47 Å². The van der Waals surface area contributed by atoms with E-state index in [9.17, 15) is 14.4 Å². The van der Waals surface area contributed by atoms with Crippen molar-refractivity contribution in [2.75, 3.05) is 31.8 Å². The average Bonchev–Trinajstić information content (AvgIpc) is 3.27. The maximum absolute atomic E-state index is 13.4. The molecule has 0 radical (unpaired) electrons. The Hall–Kier alpha value is -3.86. The normalized spacial score (nSPS) is 15.7. The van der Waals surface area contributed by atoms with Gasteiger partial charge in [0, 0.05) is 24.6 Å². The van der Waals surface area contributed by atoms with Crippen LogP contribution in [0.2, 0.25) is 0 Å². The second kappa shape index (κ2) is 12.6. The highest BCUT2D eigenvalue weighted by atomic mass is 32.2. The van der Waals surface area contributed by atoms with Gasteiger partial charge in [-0.15, -0.1) is 0 Å². The van der Waals surface area contributed by atoms with E-state index in [2.05, 4.69) is 27.5 Å². The van der Waals surface area contributed by atoms with Gasteiger partial charge in [-0.1, -0.05) is 37.2 Å². The van der Waals surface area contributed by atoms with Crippen LogP contribution < -0.4 is 20.1 Å². The van der Waals surface area contributed by atoms with Gasteiger partial charge < -0.3 is 20.1 Å². The summed E-state index contributed by atoms with van der Waals surface area (Å²) in [6, 6.07) is 11.9. The van der Waals surface area contributed by atoms with Crippen molar-refractivity contribution in [3.63, 3.8) is 0 Å². The van der Waals surface area contributed by atoms with E-state index in [0.717, 1.165) is 30.2 Å². The third-order valence-electron chi connectivity index (χ3n) is 6.06. The van der Waals surface area contributed by atoms with Crippen LogP contribution in [0.5, 0.6) is 11.5 Å². The topological polar surface area (TPSA) is 122 Å². The van der Waals surface area contributed by atoms with E-state index in [0.29, 0.717) is 46.8 Å². The molecule has 2 heterocycles. The number of fused-ring (bicyclic) bond motifs is 3. The molecule has 2 aromatic carbocycles. The van der Waals surface area contributed by atoms with Crippen LogP contribution >= 0.6 is 11.8 Å². The molecule has 0 spiro atoms. The first-order valence-corrected chi connectivity index (χ1v) is 13.4. The number of carbonyl (C=O) groups excluding carboxylic acids is 3. The van der Waals surface area contributed by atoms with E-state index >= 15 is 0 Å². The van der Waals surface area contributed by atoms with Crippen LogP contribution in [0.25, 0.3) is 0 Å². The molecule has 0 aliphatic carbocycles. The first-order valence-electron chi connectivity index (χ1n) is 12.5. The molecular weight excluding hydrogens is 506 g/mol. The number of anilines is 1. The van der Waals surface area contributed by atoms with E-state index < -0.39 is 6.04 Å². The van der Waals surface area contributed by atoms with Gasteiger partial charge in [-0.25, -0.2) is 9.89 Å². The van der Waals surface area contributed by atoms with Crippen LogP contribution in [0.1, 0.15) is 38.2 Å². The van der Waals surface area contributed by atoms with Crippen molar-refractivity contribution in [3.8, 4) is 11.5 Å². The Labute approximate surface area is 225 Å². The van der Waals surface area contributed by atoms with E-state index in [1.54, 1.807) is 25.3 Å². The number of benzene rings is 2. The lowest BCUT2D eigenvalue weighted by Crippen LogP contribution is -2.41. The Morgan fingerprint density at radius 3 is 2.68 bits per heavy atom. The van der Waals surface area contributed by atoms with Crippen molar-refractivity contribution in [1.82, 2.24) is 10.2 Å². The molecule has 4 rings (SSSR count). The smallest absolute Gasteiger partial charge is 0.259 e. The number of nitrogens with one attached hydrogen (secondary N) is 2. The molecule has 1 atom stereocenters. The lowest BCUT2D eigenvalue weighted by molar-refractivity contribution is -0.125. The zero-order valence-corrected chi connectivity index (χ0v) is 22.5. The standard InChI is InChI=1S/C27H31N5O5S/c1-4-5-14-28-23(33)13-11-20-26(35)32-25(30-20)18-8-6-7-9-19(18)31-27(32)38-16-24(34)29-21-15-17(36-2)10-12-22(21)37-3/h6-10,12,15,20H,4-5,11,13-14,16H2,1-3H3,(H,28,33)(H,29,34)/t20-/m0/s1. The molecule has 2 aliphatic heterocycles. The summed E-state index contributed by atoms with van der Waals surface area (Å²) in [6.07, 6.45) is 2.41. The number of amidine groups is 2. The van der Waals surface area contributed by atoms with Gasteiger partial charge in [0.2, 0.25) is 11.8 Å². The van der Waals surface area contributed by atoms with Crippen LogP contribution in [0.3, 0.4) is 0 Å². The summed E-state index contributed by atoms with van der Waals surface area (Å²) < 4.78 is 10.6. The lowest BCUT2D eigenvalue weighted by atomic mass is 10.1. The molecule has 10 nitrogen and oxygen atoms in total. The van der Waals surface area contributed by atoms with Crippen molar-refractivity contribution < 1.29 is 23.9 Å². The molecule has 2 aromatic rings. The molecule has 0 aromatic heterocycles. The average molecular weight is 538 g/mol. The number of ether oxygens (including phenoxy) is 2. The van der Waals surface area contributed by atoms with Crippen LogP contribution in [0.15, 0.2) is 52.4 Å². The third-order valence-corrected chi connectivity index (χ3v) is 7.00. The number of hydrogen-bond donors (Lipinski definition) is 2. The number of rotatable bonds is 11. The van der Waals surface area contributed by atoms with Crippen LogP contribution in [-0.2, 0) is 14.4 Å². The SMILES string of the molecule is CCCCNC(=O)CC[C@@H]1N=C2c3ccccc3N=C(SCC(=O)Nc3cc(OC)ccc3OC)N2C1=O. The molecule has 38 heavy (non-hydrogen) atoms. The van der Waals surface area contributed by atoms with Gasteiger partial charge in [0.25, 0.3) is 5.91 Å². The summed E-state index contributed by atoms with van der Waals surface area (Å²) in [7, 11) is 3.06. The molecular formula is C27H31N5O5S. The fourth-order valence-electron chi connectivity index (χ4n) is 4.08. The molecule has 200 valence electrons. The van der Waals surface area contributed by atoms with Gasteiger partial charge in [-0.2, -0.15) is 0 Å². The zero-order chi connectivity index (χ0) is 27.1. The molecule has 0 saturated heterocycles. The number of nitrogens with zero attached hydrogens (tertiary/aromatic N) is 3. The molecule has 11 heteroatoms. The van der Waals surface area contributed by atoms with Gasteiger partial charge in [-0.3, -0.25) is 19.4 Å². The van der Waals surface area contributed by atoms with Gasteiger partial charge >= 0.3 is 0 Å². The van der Waals surface area contributed by atoms with Crippen LogP contribution in [0.4, 0.5) is 11.4 Å². The fraction of sp³-hybridized carbons (Fsp3) is 0.370. The van der Waals surface area contributed by atoms with Crippen molar-refractivity contribution >= 4 is 51.9 Å². The molecule has 0 saturated carbocycles. The Kier molecular flexibility index (Phi) is 9.01. The quantitative estimate of drug-likeness (QED) is 0.421. The Bertz CT molecular complexity index is 1280. The molecule has 2 aliphatic rings. The minimum atomic E-state index is -0.686. The highest BCUT2D eigenvalue weighted by molar-refractivity contribution is 8.14. The van der Waals surface area contributed by atoms with Crippen LogP contribution in [0, 0.1) is 0 Å². The Morgan fingerprint density at radius 2 is 1.92 bits per heavy atom. The van der Waals surface area contributed by atoms with E-state index in [-0.39, 0.29) is 29.9 Å². The Balaban J connectivity index is 1.46. The van der Waals surface area contributed by atoms with Gasteiger partial charge in [0.1, 0.15) is 23.4 Å². The van der Waals surface area contributed by atoms with Crippen molar-refractivity contribution in [3.05, 3.63) is 48.0 Å². The number of aliphatic imine (C=N–C) groups is 2. The minimum Gasteiger partial charge on any atom is -0.497 e. The molecule has 3 amide bonds. The fourth-order valence-corrected chi connectivity index (χ4v) is 4.88. The van der Waals surface area contributed by atoms with E-state index in [1.807, 2.05) is 24.3 Å². The first-order chi connectivity index (χ1) is 18.4. The monoisotopic (exact) mass is 537 g/mol. The number of para-hydroxylation sites is 1.